The van der Waals surface area contributed by atoms with Gasteiger partial charge in [0.15, 0.2) is 0 Å². The first kappa shape index (κ1) is 18.5. The van der Waals surface area contributed by atoms with Crippen LogP contribution < -0.4 is 5.32 Å². The quantitative estimate of drug-likeness (QED) is 0.922. The lowest BCUT2D eigenvalue weighted by Crippen LogP contribution is -2.33. The summed E-state index contributed by atoms with van der Waals surface area (Å²) in [6, 6.07) is 2.04. The van der Waals surface area contributed by atoms with E-state index in [0.717, 1.165) is 24.4 Å². The van der Waals surface area contributed by atoms with E-state index in [1.165, 1.54) is 0 Å². The van der Waals surface area contributed by atoms with E-state index in [1.807, 2.05) is 52.3 Å². The summed E-state index contributed by atoms with van der Waals surface area (Å²) in [5.41, 5.74) is 1.68. The number of hydrogen-bond acceptors (Lipinski definition) is 3. The summed E-state index contributed by atoms with van der Waals surface area (Å²) >= 11 is 0. The highest BCUT2D eigenvalue weighted by molar-refractivity contribution is 5.67. The number of aromatic nitrogens is 2. The van der Waals surface area contributed by atoms with Gasteiger partial charge in [0.25, 0.3) is 0 Å². The molecule has 0 aliphatic rings. The van der Waals surface area contributed by atoms with E-state index in [2.05, 4.69) is 17.3 Å². The zero-order chi connectivity index (χ0) is 15.8. The van der Waals surface area contributed by atoms with Crippen molar-refractivity contribution < 1.29 is 9.53 Å². The van der Waals surface area contributed by atoms with Crippen LogP contribution in [0.4, 0.5) is 4.79 Å². The molecule has 1 N–H and O–H groups in total. The van der Waals surface area contributed by atoms with Gasteiger partial charge in [0.1, 0.15) is 5.60 Å². The lowest BCUT2D eigenvalue weighted by molar-refractivity contribution is 0.0528. The summed E-state index contributed by atoms with van der Waals surface area (Å²) in [5, 5.41) is 7.10. The molecule has 0 aliphatic heterocycles. The van der Waals surface area contributed by atoms with Gasteiger partial charge in [-0.25, -0.2) is 4.79 Å². The van der Waals surface area contributed by atoms with Crippen LogP contribution in [-0.2, 0) is 17.7 Å². The van der Waals surface area contributed by atoms with Crippen molar-refractivity contribution in [3.63, 3.8) is 0 Å². The zero-order valence-corrected chi connectivity index (χ0v) is 13.9. The Balaban J connectivity index is 0.00000172. The fourth-order valence-corrected chi connectivity index (χ4v) is 1.68. The molecule has 0 aliphatic carbocycles. The first-order valence-corrected chi connectivity index (χ1v) is 7.32. The topological polar surface area (TPSA) is 56.2 Å². The predicted octanol–water partition coefficient (Wildman–Crippen LogP) is 3.30. The maximum atomic E-state index is 11.5. The Morgan fingerprint density at radius 2 is 2.00 bits per heavy atom. The van der Waals surface area contributed by atoms with Crippen LogP contribution in [0.1, 0.15) is 52.9 Å². The third-order valence-corrected chi connectivity index (χ3v) is 2.33. The Morgan fingerprint density at radius 1 is 1.40 bits per heavy atom. The maximum absolute atomic E-state index is 11.5. The Labute approximate surface area is 122 Å². The monoisotopic (exact) mass is 283 g/mol. The fourth-order valence-electron chi connectivity index (χ4n) is 1.68. The molecule has 0 spiro atoms. The van der Waals surface area contributed by atoms with Crippen LogP contribution in [0, 0.1) is 6.92 Å². The van der Waals surface area contributed by atoms with E-state index < -0.39 is 5.60 Å². The SMILES string of the molecule is CC.CCn1nc(C)cc1CCNC(=O)OC(C)(C)C. The summed E-state index contributed by atoms with van der Waals surface area (Å²) in [6.07, 6.45) is 0.385. The van der Waals surface area contributed by atoms with Crippen LogP contribution in [0.25, 0.3) is 0 Å². The number of hydrogen-bond donors (Lipinski definition) is 1. The molecule has 1 rings (SSSR count). The van der Waals surface area contributed by atoms with Crippen molar-refractivity contribution in [1.29, 1.82) is 0 Å². The zero-order valence-electron chi connectivity index (χ0n) is 13.9. The molecule has 1 amide bonds. The van der Waals surface area contributed by atoms with Gasteiger partial charge < -0.3 is 10.1 Å². The van der Waals surface area contributed by atoms with Crippen molar-refractivity contribution in [3.05, 3.63) is 17.5 Å². The number of alkyl carbamates (subject to hydrolysis) is 1. The molecule has 116 valence electrons. The van der Waals surface area contributed by atoms with Crippen molar-refractivity contribution in [1.82, 2.24) is 15.1 Å². The Morgan fingerprint density at radius 3 is 2.50 bits per heavy atom. The smallest absolute Gasteiger partial charge is 0.407 e. The molecule has 1 aromatic rings. The molecule has 0 saturated heterocycles. The summed E-state index contributed by atoms with van der Waals surface area (Å²) < 4.78 is 7.12. The molecular weight excluding hydrogens is 254 g/mol. The Bertz CT molecular complexity index is 406. The van der Waals surface area contributed by atoms with E-state index in [4.69, 9.17) is 4.74 Å². The lowest BCUT2D eigenvalue weighted by atomic mass is 10.2. The minimum Gasteiger partial charge on any atom is -0.444 e. The van der Waals surface area contributed by atoms with E-state index in [0.29, 0.717) is 6.54 Å². The second-order valence-electron chi connectivity index (χ2n) is 5.27. The molecule has 1 heterocycles. The third-order valence-electron chi connectivity index (χ3n) is 2.33. The van der Waals surface area contributed by atoms with Crippen molar-refractivity contribution in [2.75, 3.05) is 6.54 Å². The van der Waals surface area contributed by atoms with Crippen LogP contribution in [0.5, 0.6) is 0 Å². The van der Waals surface area contributed by atoms with Crippen LogP contribution in [0.3, 0.4) is 0 Å². The molecular formula is C15H29N3O2. The van der Waals surface area contributed by atoms with E-state index in [-0.39, 0.29) is 6.09 Å². The number of rotatable bonds is 4. The summed E-state index contributed by atoms with van der Waals surface area (Å²) in [4.78, 5) is 11.5. The maximum Gasteiger partial charge on any atom is 0.407 e. The lowest BCUT2D eigenvalue weighted by Gasteiger charge is -2.19. The van der Waals surface area contributed by atoms with Crippen LogP contribution in [0.2, 0.25) is 0 Å². The Hall–Kier alpha value is -1.52. The highest BCUT2D eigenvalue weighted by Gasteiger charge is 2.15. The number of carbonyl (C=O) groups excluding carboxylic acids is 1. The van der Waals surface area contributed by atoms with E-state index >= 15 is 0 Å². The normalized spacial score (nSPS) is 10.6. The number of nitrogens with zero attached hydrogens (tertiary/aromatic N) is 2. The number of carbonyl (C=O) groups is 1. The highest BCUT2D eigenvalue weighted by atomic mass is 16.6. The first-order valence-electron chi connectivity index (χ1n) is 7.32. The number of amides is 1. The molecule has 0 aromatic carbocycles. The van der Waals surface area contributed by atoms with Gasteiger partial charge in [-0.15, -0.1) is 0 Å². The highest BCUT2D eigenvalue weighted by Crippen LogP contribution is 2.07. The van der Waals surface area contributed by atoms with Gasteiger partial charge >= 0.3 is 6.09 Å². The molecule has 0 radical (unpaired) electrons. The van der Waals surface area contributed by atoms with E-state index in [1.54, 1.807) is 0 Å². The fraction of sp³-hybridized carbons (Fsp3) is 0.733. The van der Waals surface area contributed by atoms with Crippen LogP contribution >= 0.6 is 0 Å². The van der Waals surface area contributed by atoms with Crippen molar-refractivity contribution in [2.45, 2.75) is 67.0 Å². The first-order chi connectivity index (χ1) is 9.31. The van der Waals surface area contributed by atoms with Crippen molar-refractivity contribution in [2.24, 2.45) is 0 Å². The molecule has 0 unspecified atom stereocenters. The third kappa shape index (κ3) is 7.16. The van der Waals surface area contributed by atoms with Gasteiger partial charge in [-0.1, -0.05) is 13.8 Å². The summed E-state index contributed by atoms with van der Waals surface area (Å²) in [6.45, 7) is 15.0. The van der Waals surface area contributed by atoms with E-state index in [9.17, 15) is 4.79 Å². The molecule has 5 nitrogen and oxygen atoms in total. The molecule has 5 heteroatoms. The largest absolute Gasteiger partial charge is 0.444 e. The van der Waals surface area contributed by atoms with Crippen LogP contribution in [0.15, 0.2) is 6.07 Å². The molecule has 1 aromatic heterocycles. The molecule has 0 fully saturated rings. The predicted molar refractivity (Wildman–Crippen MR) is 81.9 cm³/mol. The van der Waals surface area contributed by atoms with Gasteiger partial charge in [0, 0.05) is 25.2 Å². The van der Waals surface area contributed by atoms with Crippen molar-refractivity contribution in [3.8, 4) is 0 Å². The molecule has 20 heavy (non-hydrogen) atoms. The van der Waals surface area contributed by atoms with Gasteiger partial charge in [-0.05, 0) is 40.7 Å². The number of nitrogens with one attached hydrogen (secondary N) is 1. The van der Waals surface area contributed by atoms with Gasteiger partial charge in [-0.3, -0.25) is 4.68 Å². The van der Waals surface area contributed by atoms with Crippen LogP contribution in [-0.4, -0.2) is 28.0 Å². The van der Waals surface area contributed by atoms with Gasteiger partial charge in [-0.2, -0.15) is 5.10 Å². The Kier molecular flexibility index (Phi) is 7.96. The average molecular weight is 283 g/mol. The number of aryl methyl sites for hydroxylation is 2. The average Bonchev–Trinajstić information content (AvgIpc) is 2.70. The standard InChI is InChI=1S/C13H23N3O2.C2H6/c1-6-16-11(9-10(2)15-16)7-8-14-12(17)18-13(3,4)5;1-2/h9H,6-8H2,1-5H3,(H,14,17);1-2H3. The van der Waals surface area contributed by atoms with Gasteiger partial charge in [0.05, 0.1) is 5.69 Å². The molecule has 0 bridgehead atoms. The minimum absolute atomic E-state index is 0.373. The second-order valence-corrected chi connectivity index (χ2v) is 5.27. The molecule has 0 saturated carbocycles. The van der Waals surface area contributed by atoms with Crippen molar-refractivity contribution >= 4 is 6.09 Å². The van der Waals surface area contributed by atoms with Gasteiger partial charge in [0.2, 0.25) is 0 Å². The molecule has 0 atom stereocenters. The summed E-state index contributed by atoms with van der Waals surface area (Å²) in [5.74, 6) is 0. The number of ether oxygens (including phenoxy) is 1. The summed E-state index contributed by atoms with van der Waals surface area (Å²) in [7, 11) is 0. The second kappa shape index (κ2) is 8.61. The minimum atomic E-state index is -0.453.